The molecule has 0 nitrogen and oxygen atoms in total. The highest BCUT2D eigenvalue weighted by atomic mass is 32.1. The minimum atomic E-state index is 0.968. The van der Waals surface area contributed by atoms with E-state index in [9.17, 15) is 0 Å². The fraction of sp³-hybridized carbons (Fsp3) is 0.250. The lowest BCUT2D eigenvalue weighted by Gasteiger charge is -1.98. The molecule has 1 radical (unpaired) electrons. The van der Waals surface area contributed by atoms with Gasteiger partial charge in [0.15, 0.2) is 0 Å². The summed E-state index contributed by atoms with van der Waals surface area (Å²) >= 11 is 5.04. The molecule has 0 aromatic heterocycles. The summed E-state index contributed by atoms with van der Waals surface area (Å²) in [5.41, 5.74) is 2.51. The van der Waals surface area contributed by atoms with Gasteiger partial charge in [-0.1, -0.05) is 24.8 Å². The summed E-state index contributed by atoms with van der Waals surface area (Å²) in [6.45, 7) is 4.13. The number of hydrogen-bond donors (Lipinski definition) is 0. The van der Waals surface area contributed by atoms with Gasteiger partial charge in [-0.2, -0.15) is 0 Å². The topological polar surface area (TPSA) is 0 Å². The van der Waals surface area contributed by atoms with Gasteiger partial charge < -0.3 is 0 Å². The van der Waals surface area contributed by atoms with Gasteiger partial charge in [0.05, 0.1) is 0 Å². The van der Waals surface area contributed by atoms with Crippen LogP contribution in [0.3, 0.4) is 0 Å². The summed E-state index contributed by atoms with van der Waals surface area (Å²) in [5.74, 6) is 0. The third kappa shape index (κ3) is 1.22. The Hall–Kier alpha value is -0.560. The quantitative estimate of drug-likeness (QED) is 0.516. The summed E-state index contributed by atoms with van der Waals surface area (Å²) in [5, 5.41) is 0. The van der Waals surface area contributed by atoms with Gasteiger partial charge in [0.25, 0.3) is 0 Å². The second-order valence-corrected chi connectivity index (χ2v) is 2.64. The van der Waals surface area contributed by atoms with Crippen molar-refractivity contribution in [3.63, 3.8) is 0 Å². The van der Waals surface area contributed by atoms with Crippen LogP contribution in [0.5, 0.6) is 0 Å². The standard InChI is InChI=1S/C8H9S/c1-6-4-3-5-8(9)7(6)2/h3-5H,1-2H3. The summed E-state index contributed by atoms with van der Waals surface area (Å²) in [4.78, 5) is 0.968. The average molecular weight is 137 g/mol. The molecule has 1 aromatic rings. The lowest BCUT2D eigenvalue weighted by Crippen LogP contribution is -1.79. The van der Waals surface area contributed by atoms with E-state index in [1.807, 2.05) is 12.1 Å². The van der Waals surface area contributed by atoms with Gasteiger partial charge in [-0.25, -0.2) is 0 Å². The highest BCUT2D eigenvalue weighted by Gasteiger charge is 1.93. The van der Waals surface area contributed by atoms with E-state index in [1.165, 1.54) is 11.1 Å². The minimum Gasteiger partial charge on any atom is -0.0798 e. The number of benzene rings is 1. The van der Waals surface area contributed by atoms with Gasteiger partial charge in [-0.15, -0.1) is 0 Å². The monoisotopic (exact) mass is 137 g/mol. The van der Waals surface area contributed by atoms with Crippen molar-refractivity contribution in [3.05, 3.63) is 29.3 Å². The van der Waals surface area contributed by atoms with Crippen LogP contribution in [0.1, 0.15) is 11.1 Å². The zero-order chi connectivity index (χ0) is 6.85. The molecule has 0 saturated carbocycles. The van der Waals surface area contributed by atoms with Crippen molar-refractivity contribution >= 4 is 12.6 Å². The van der Waals surface area contributed by atoms with E-state index in [2.05, 4.69) is 19.9 Å². The van der Waals surface area contributed by atoms with Gasteiger partial charge >= 0.3 is 0 Å². The van der Waals surface area contributed by atoms with Gasteiger partial charge in [0.2, 0.25) is 0 Å². The molecule has 0 aliphatic heterocycles. The van der Waals surface area contributed by atoms with E-state index in [0.29, 0.717) is 0 Å². The summed E-state index contributed by atoms with van der Waals surface area (Å²) < 4.78 is 0. The molecule has 0 N–H and O–H groups in total. The Morgan fingerprint density at radius 2 is 1.89 bits per heavy atom. The summed E-state index contributed by atoms with van der Waals surface area (Å²) in [6, 6.07) is 6.02. The minimum absolute atomic E-state index is 0.968. The lowest BCUT2D eigenvalue weighted by atomic mass is 10.1. The van der Waals surface area contributed by atoms with Crippen molar-refractivity contribution < 1.29 is 0 Å². The van der Waals surface area contributed by atoms with Crippen LogP contribution in [0.15, 0.2) is 23.1 Å². The van der Waals surface area contributed by atoms with E-state index >= 15 is 0 Å². The van der Waals surface area contributed by atoms with E-state index < -0.39 is 0 Å². The Kier molecular flexibility index (Phi) is 1.72. The fourth-order valence-corrected chi connectivity index (χ4v) is 0.964. The van der Waals surface area contributed by atoms with Gasteiger partial charge in [0.1, 0.15) is 0 Å². The van der Waals surface area contributed by atoms with Crippen LogP contribution in [0.25, 0.3) is 0 Å². The highest BCUT2D eigenvalue weighted by molar-refractivity contribution is 7.80. The summed E-state index contributed by atoms with van der Waals surface area (Å²) in [6.07, 6.45) is 0. The third-order valence-electron chi connectivity index (χ3n) is 1.55. The first-order valence-corrected chi connectivity index (χ1v) is 3.36. The molecular formula is C8H9S. The highest BCUT2D eigenvalue weighted by Crippen LogP contribution is 2.15. The van der Waals surface area contributed by atoms with Crippen LogP contribution in [0, 0.1) is 13.8 Å². The number of rotatable bonds is 0. The SMILES string of the molecule is Cc1cccc([S])c1C. The molecule has 0 bridgehead atoms. The maximum atomic E-state index is 5.04. The van der Waals surface area contributed by atoms with Crippen molar-refractivity contribution in [1.82, 2.24) is 0 Å². The molecule has 0 amide bonds. The van der Waals surface area contributed by atoms with Crippen LogP contribution < -0.4 is 0 Å². The molecule has 0 spiro atoms. The molecule has 0 aliphatic carbocycles. The molecule has 0 aliphatic rings. The largest absolute Gasteiger partial charge is 0.0798 e. The average Bonchev–Trinajstić information content (AvgIpc) is 1.83. The van der Waals surface area contributed by atoms with Crippen molar-refractivity contribution in [2.24, 2.45) is 0 Å². The predicted molar refractivity (Wildman–Crippen MR) is 41.8 cm³/mol. The van der Waals surface area contributed by atoms with Crippen molar-refractivity contribution in [2.75, 3.05) is 0 Å². The van der Waals surface area contributed by atoms with Crippen LogP contribution >= 0.6 is 12.6 Å². The van der Waals surface area contributed by atoms with Crippen molar-refractivity contribution in [2.45, 2.75) is 18.7 Å². The zero-order valence-electron chi connectivity index (χ0n) is 5.64. The van der Waals surface area contributed by atoms with E-state index in [4.69, 9.17) is 12.6 Å². The molecular weight excluding hydrogens is 128 g/mol. The molecule has 0 heterocycles. The Labute approximate surface area is 61.3 Å². The van der Waals surface area contributed by atoms with Crippen molar-refractivity contribution in [1.29, 1.82) is 0 Å². The Balaban J connectivity index is 3.25. The van der Waals surface area contributed by atoms with E-state index in [1.54, 1.807) is 0 Å². The number of hydrogen-bond acceptors (Lipinski definition) is 0. The van der Waals surface area contributed by atoms with Crippen molar-refractivity contribution in [3.8, 4) is 0 Å². The van der Waals surface area contributed by atoms with Gasteiger partial charge in [0, 0.05) is 4.90 Å². The third-order valence-corrected chi connectivity index (χ3v) is 2.00. The molecule has 47 valence electrons. The second kappa shape index (κ2) is 2.36. The van der Waals surface area contributed by atoms with Crippen LogP contribution in [0.4, 0.5) is 0 Å². The zero-order valence-corrected chi connectivity index (χ0v) is 6.46. The first-order valence-electron chi connectivity index (χ1n) is 2.95. The maximum absolute atomic E-state index is 5.04. The Bertz CT molecular complexity index is 196. The molecule has 9 heavy (non-hydrogen) atoms. The summed E-state index contributed by atoms with van der Waals surface area (Å²) in [7, 11) is 0. The molecule has 0 fully saturated rings. The maximum Gasteiger partial charge on any atom is 0.0408 e. The van der Waals surface area contributed by atoms with E-state index in [-0.39, 0.29) is 0 Å². The molecule has 0 atom stereocenters. The predicted octanol–water partition coefficient (Wildman–Crippen LogP) is 2.86. The molecule has 1 aromatic carbocycles. The Morgan fingerprint density at radius 3 is 2.33 bits per heavy atom. The number of aryl methyl sites for hydroxylation is 1. The smallest absolute Gasteiger partial charge is 0.0408 e. The second-order valence-electron chi connectivity index (χ2n) is 2.20. The lowest BCUT2D eigenvalue weighted by molar-refractivity contribution is 1.24. The fourth-order valence-electron chi connectivity index (χ4n) is 0.724. The molecule has 1 heteroatoms. The van der Waals surface area contributed by atoms with Crippen LogP contribution in [0.2, 0.25) is 0 Å². The first kappa shape index (κ1) is 6.56. The normalized spacial score (nSPS) is 9.56. The van der Waals surface area contributed by atoms with Gasteiger partial charge in [-0.3, -0.25) is 0 Å². The first-order chi connectivity index (χ1) is 4.22. The van der Waals surface area contributed by atoms with Crippen LogP contribution in [-0.2, 0) is 0 Å². The molecule has 0 unspecified atom stereocenters. The molecule has 1 rings (SSSR count). The van der Waals surface area contributed by atoms with Crippen LogP contribution in [-0.4, -0.2) is 0 Å². The van der Waals surface area contributed by atoms with Gasteiger partial charge in [-0.05, 0) is 31.0 Å². The Morgan fingerprint density at radius 1 is 1.22 bits per heavy atom. The molecule has 0 saturated heterocycles. The van der Waals surface area contributed by atoms with E-state index in [0.717, 1.165) is 4.90 Å².